The van der Waals surface area contributed by atoms with E-state index in [9.17, 15) is 4.79 Å². The molecule has 0 saturated carbocycles. The van der Waals surface area contributed by atoms with E-state index in [2.05, 4.69) is 10.2 Å². The average molecular weight is 277 g/mol. The zero-order valence-electron chi connectivity index (χ0n) is 12.0. The van der Waals surface area contributed by atoms with E-state index in [4.69, 9.17) is 10.5 Å². The molecule has 0 aliphatic carbocycles. The Labute approximate surface area is 120 Å². The Morgan fingerprint density at radius 2 is 2.20 bits per heavy atom. The van der Waals surface area contributed by atoms with E-state index in [1.54, 1.807) is 0 Å². The van der Waals surface area contributed by atoms with Crippen molar-refractivity contribution in [1.82, 2.24) is 4.90 Å². The summed E-state index contributed by atoms with van der Waals surface area (Å²) in [6, 6.07) is 7.61. The maximum absolute atomic E-state index is 12.0. The summed E-state index contributed by atoms with van der Waals surface area (Å²) in [5, 5.41) is 2.90. The average Bonchev–Trinajstić information content (AvgIpc) is 2.41. The fourth-order valence-electron chi connectivity index (χ4n) is 2.44. The van der Waals surface area contributed by atoms with E-state index in [1.807, 2.05) is 31.2 Å². The molecule has 1 heterocycles. The van der Waals surface area contributed by atoms with Crippen molar-refractivity contribution in [3.8, 4) is 5.75 Å². The summed E-state index contributed by atoms with van der Waals surface area (Å²) in [6.45, 7) is 4.74. The summed E-state index contributed by atoms with van der Waals surface area (Å²) in [4.78, 5) is 14.1. The highest BCUT2D eigenvalue weighted by Crippen LogP contribution is 2.15. The molecule has 1 aliphatic heterocycles. The van der Waals surface area contributed by atoms with Gasteiger partial charge in [0.15, 0.2) is 0 Å². The van der Waals surface area contributed by atoms with E-state index >= 15 is 0 Å². The molecule has 1 aromatic carbocycles. The van der Waals surface area contributed by atoms with Crippen LogP contribution in [0.3, 0.4) is 0 Å². The molecule has 3 N–H and O–H groups in total. The number of ether oxygens (including phenoxy) is 1. The molecule has 1 saturated heterocycles. The monoisotopic (exact) mass is 277 g/mol. The van der Waals surface area contributed by atoms with Gasteiger partial charge in [0.05, 0.1) is 13.2 Å². The molecule has 5 nitrogen and oxygen atoms in total. The van der Waals surface area contributed by atoms with Crippen LogP contribution in [0.25, 0.3) is 0 Å². The highest BCUT2D eigenvalue weighted by molar-refractivity contribution is 5.92. The number of piperidine rings is 1. The number of rotatable bonds is 5. The Kier molecular flexibility index (Phi) is 5.38. The lowest BCUT2D eigenvalue weighted by Crippen LogP contribution is -2.45. The fourth-order valence-corrected chi connectivity index (χ4v) is 2.44. The van der Waals surface area contributed by atoms with E-state index in [0.29, 0.717) is 13.2 Å². The Morgan fingerprint density at radius 3 is 2.85 bits per heavy atom. The lowest BCUT2D eigenvalue weighted by atomic mass is 10.1. The van der Waals surface area contributed by atoms with Gasteiger partial charge < -0.3 is 15.8 Å². The summed E-state index contributed by atoms with van der Waals surface area (Å²) < 4.78 is 5.36. The number of hydrogen-bond acceptors (Lipinski definition) is 4. The minimum absolute atomic E-state index is 0.00302. The lowest BCUT2D eigenvalue weighted by Gasteiger charge is -2.29. The number of amides is 1. The first kappa shape index (κ1) is 14.8. The van der Waals surface area contributed by atoms with Crippen molar-refractivity contribution >= 4 is 11.6 Å². The van der Waals surface area contributed by atoms with E-state index in [1.165, 1.54) is 0 Å². The van der Waals surface area contributed by atoms with Crippen LogP contribution in [0.2, 0.25) is 0 Å². The Bertz CT molecular complexity index is 433. The van der Waals surface area contributed by atoms with Gasteiger partial charge in [0.1, 0.15) is 5.75 Å². The number of carbonyl (C=O) groups excluding carboxylic acids is 1. The molecule has 110 valence electrons. The van der Waals surface area contributed by atoms with Gasteiger partial charge in [-0.2, -0.15) is 0 Å². The van der Waals surface area contributed by atoms with Crippen molar-refractivity contribution in [3.63, 3.8) is 0 Å². The summed E-state index contributed by atoms with van der Waals surface area (Å²) >= 11 is 0. The Morgan fingerprint density at radius 1 is 1.45 bits per heavy atom. The summed E-state index contributed by atoms with van der Waals surface area (Å²) in [7, 11) is 0. The van der Waals surface area contributed by atoms with Gasteiger partial charge in [-0.05, 0) is 50.6 Å². The molecule has 20 heavy (non-hydrogen) atoms. The van der Waals surface area contributed by atoms with Crippen LogP contribution in [0.5, 0.6) is 5.75 Å². The number of likely N-dealkylation sites (tertiary alicyclic amines) is 1. The van der Waals surface area contributed by atoms with Gasteiger partial charge in [0.2, 0.25) is 5.91 Å². The number of nitrogens with two attached hydrogens (primary N) is 1. The summed E-state index contributed by atoms with van der Waals surface area (Å²) in [6.07, 6.45) is 2.12. The first-order valence-electron chi connectivity index (χ1n) is 7.18. The predicted molar refractivity (Wildman–Crippen MR) is 79.9 cm³/mol. The molecular formula is C15H23N3O2. The number of nitrogens with one attached hydrogen (secondary N) is 1. The van der Waals surface area contributed by atoms with Crippen LogP contribution >= 0.6 is 0 Å². The largest absolute Gasteiger partial charge is 0.494 e. The first-order valence-corrected chi connectivity index (χ1v) is 7.18. The van der Waals surface area contributed by atoms with Crippen LogP contribution in [0.15, 0.2) is 24.3 Å². The maximum Gasteiger partial charge on any atom is 0.238 e. The molecule has 1 amide bonds. The van der Waals surface area contributed by atoms with Crippen LogP contribution in [0.4, 0.5) is 5.69 Å². The van der Waals surface area contributed by atoms with Crippen molar-refractivity contribution in [1.29, 1.82) is 0 Å². The van der Waals surface area contributed by atoms with E-state index in [-0.39, 0.29) is 11.9 Å². The zero-order chi connectivity index (χ0) is 14.4. The Balaban J connectivity index is 1.81. The topological polar surface area (TPSA) is 67.6 Å². The molecule has 0 aromatic heterocycles. The van der Waals surface area contributed by atoms with E-state index < -0.39 is 0 Å². The molecule has 5 heteroatoms. The van der Waals surface area contributed by atoms with Gasteiger partial charge in [-0.15, -0.1) is 0 Å². The molecule has 2 rings (SSSR count). The Hall–Kier alpha value is -1.59. The second-order valence-electron chi connectivity index (χ2n) is 5.14. The zero-order valence-corrected chi connectivity index (χ0v) is 12.0. The molecule has 0 radical (unpaired) electrons. The second kappa shape index (κ2) is 7.26. The molecule has 0 spiro atoms. The minimum Gasteiger partial charge on any atom is -0.494 e. The standard InChI is InChI=1S/C15H23N3O2/c1-2-20-14-7-5-13(6-8-14)17-15(19)11-18-9-3-4-12(16)10-18/h5-8,12H,2-4,9-11,16H2,1H3,(H,17,19). The number of carbonyl (C=O) groups is 1. The second-order valence-corrected chi connectivity index (χ2v) is 5.14. The van der Waals surface area contributed by atoms with Crippen molar-refractivity contribution in [2.45, 2.75) is 25.8 Å². The predicted octanol–water partition coefficient (Wildman–Crippen LogP) is 1.45. The van der Waals surface area contributed by atoms with Crippen molar-refractivity contribution in [2.24, 2.45) is 5.73 Å². The van der Waals surface area contributed by atoms with Gasteiger partial charge in [0.25, 0.3) is 0 Å². The smallest absolute Gasteiger partial charge is 0.238 e. The highest BCUT2D eigenvalue weighted by atomic mass is 16.5. The van der Waals surface area contributed by atoms with Crippen LogP contribution in [-0.4, -0.2) is 43.1 Å². The van der Waals surface area contributed by atoms with Gasteiger partial charge >= 0.3 is 0 Å². The van der Waals surface area contributed by atoms with Gasteiger partial charge in [-0.3, -0.25) is 9.69 Å². The number of anilines is 1. The maximum atomic E-state index is 12.0. The van der Waals surface area contributed by atoms with Gasteiger partial charge in [0, 0.05) is 18.3 Å². The van der Waals surface area contributed by atoms with Crippen molar-refractivity contribution in [3.05, 3.63) is 24.3 Å². The van der Waals surface area contributed by atoms with Gasteiger partial charge in [-0.25, -0.2) is 0 Å². The van der Waals surface area contributed by atoms with Crippen LogP contribution < -0.4 is 15.8 Å². The SMILES string of the molecule is CCOc1ccc(NC(=O)CN2CCCC(N)C2)cc1. The highest BCUT2D eigenvalue weighted by Gasteiger charge is 2.18. The third kappa shape index (κ3) is 4.51. The third-order valence-electron chi connectivity index (χ3n) is 3.36. The molecule has 1 fully saturated rings. The summed E-state index contributed by atoms with van der Waals surface area (Å²) in [5.74, 6) is 0.816. The quantitative estimate of drug-likeness (QED) is 0.855. The molecule has 1 aromatic rings. The number of nitrogens with zero attached hydrogens (tertiary/aromatic N) is 1. The normalized spacial score (nSPS) is 19.6. The van der Waals surface area contributed by atoms with E-state index in [0.717, 1.165) is 37.4 Å². The molecule has 1 unspecified atom stereocenters. The molecule has 1 aliphatic rings. The first-order chi connectivity index (χ1) is 9.67. The number of hydrogen-bond donors (Lipinski definition) is 2. The molecule has 1 atom stereocenters. The molecular weight excluding hydrogens is 254 g/mol. The van der Waals surface area contributed by atoms with Gasteiger partial charge in [-0.1, -0.05) is 0 Å². The van der Waals surface area contributed by atoms with Crippen molar-refractivity contribution < 1.29 is 9.53 Å². The fraction of sp³-hybridized carbons (Fsp3) is 0.533. The van der Waals surface area contributed by atoms with Crippen molar-refractivity contribution in [2.75, 3.05) is 31.6 Å². The van der Waals surface area contributed by atoms with Crippen LogP contribution in [0, 0.1) is 0 Å². The summed E-state index contributed by atoms with van der Waals surface area (Å²) in [5.41, 5.74) is 6.70. The minimum atomic E-state index is 0.00302. The van der Waals surface area contributed by atoms with Crippen LogP contribution in [0.1, 0.15) is 19.8 Å². The lowest BCUT2D eigenvalue weighted by molar-refractivity contribution is -0.117. The third-order valence-corrected chi connectivity index (χ3v) is 3.36. The number of benzene rings is 1. The molecule has 0 bridgehead atoms. The van der Waals surface area contributed by atoms with Crippen LogP contribution in [-0.2, 0) is 4.79 Å².